The van der Waals surface area contributed by atoms with Crippen molar-refractivity contribution < 1.29 is 9.90 Å². The van der Waals surface area contributed by atoms with Gasteiger partial charge in [0.15, 0.2) is 0 Å². The van der Waals surface area contributed by atoms with Gasteiger partial charge in [-0.15, -0.1) is 0 Å². The molecule has 4 nitrogen and oxygen atoms in total. The number of piperidine rings is 1. The topological polar surface area (TPSA) is 52.6 Å². The average Bonchev–Trinajstić information content (AvgIpc) is 2.62. The fourth-order valence-corrected chi connectivity index (χ4v) is 3.48. The molecule has 1 saturated heterocycles. The quantitative estimate of drug-likeness (QED) is 0.758. The molecule has 2 unspecified atom stereocenters. The molecule has 140 valence electrons. The smallest absolute Gasteiger partial charge is 0.251 e. The molecule has 4 heteroatoms. The molecule has 0 spiro atoms. The molecular weight excluding hydrogens is 312 g/mol. The van der Waals surface area contributed by atoms with Gasteiger partial charge in [-0.1, -0.05) is 32.4 Å². The van der Waals surface area contributed by atoms with Gasteiger partial charge in [0.05, 0.1) is 0 Å². The number of carbonyl (C=O) groups excluding carboxylic acids is 1. The van der Waals surface area contributed by atoms with Crippen molar-refractivity contribution in [2.45, 2.75) is 59.0 Å². The number of rotatable bonds is 8. The minimum absolute atomic E-state index is 0.0195. The first-order valence-electron chi connectivity index (χ1n) is 9.74. The normalized spacial score (nSPS) is 18.7. The Morgan fingerprint density at radius 3 is 2.44 bits per heavy atom. The van der Waals surface area contributed by atoms with Gasteiger partial charge in [-0.2, -0.15) is 0 Å². The Morgan fingerprint density at radius 2 is 1.88 bits per heavy atom. The second-order valence-corrected chi connectivity index (χ2v) is 7.72. The third-order valence-corrected chi connectivity index (χ3v) is 5.42. The van der Waals surface area contributed by atoms with Crippen LogP contribution in [0.3, 0.4) is 0 Å². The average molecular weight is 347 g/mol. The summed E-state index contributed by atoms with van der Waals surface area (Å²) in [6, 6.07) is 8.19. The molecule has 1 heterocycles. The molecule has 0 bridgehead atoms. The summed E-state index contributed by atoms with van der Waals surface area (Å²) in [5.41, 5.74) is 1.98. The van der Waals surface area contributed by atoms with Crippen LogP contribution in [-0.2, 0) is 6.54 Å². The standard InChI is InChI=1S/C21H34N2O2/c1-4-16(2)13-17(3)22-21(25)20-7-5-18(6-8-20)14-23-11-9-19(15-24)10-12-23/h5-8,16-17,19,24H,4,9-15H2,1-3H3,(H,22,25). The lowest BCUT2D eigenvalue weighted by molar-refractivity contribution is 0.0935. The predicted molar refractivity (Wildman–Crippen MR) is 103 cm³/mol. The summed E-state index contributed by atoms with van der Waals surface area (Å²) in [5, 5.41) is 12.3. The maximum absolute atomic E-state index is 12.4. The summed E-state index contributed by atoms with van der Waals surface area (Å²) in [4.78, 5) is 14.8. The highest BCUT2D eigenvalue weighted by molar-refractivity contribution is 5.94. The summed E-state index contributed by atoms with van der Waals surface area (Å²) < 4.78 is 0. The maximum atomic E-state index is 12.4. The summed E-state index contributed by atoms with van der Waals surface area (Å²) in [6.07, 6.45) is 4.31. The number of nitrogens with zero attached hydrogens (tertiary/aromatic N) is 1. The zero-order valence-electron chi connectivity index (χ0n) is 16.0. The van der Waals surface area contributed by atoms with E-state index in [-0.39, 0.29) is 11.9 Å². The minimum Gasteiger partial charge on any atom is -0.396 e. The molecular formula is C21H34N2O2. The van der Waals surface area contributed by atoms with Crippen molar-refractivity contribution >= 4 is 5.91 Å². The first kappa shape index (κ1) is 19.9. The van der Waals surface area contributed by atoms with Gasteiger partial charge in [-0.05, 0) is 68.8 Å². The zero-order chi connectivity index (χ0) is 18.2. The van der Waals surface area contributed by atoms with E-state index in [1.54, 1.807) is 0 Å². The molecule has 1 aliphatic rings. The minimum atomic E-state index is 0.0195. The van der Waals surface area contributed by atoms with Gasteiger partial charge < -0.3 is 10.4 Å². The van der Waals surface area contributed by atoms with Gasteiger partial charge in [0, 0.05) is 24.8 Å². The summed E-state index contributed by atoms with van der Waals surface area (Å²) in [5.74, 6) is 1.12. The fourth-order valence-electron chi connectivity index (χ4n) is 3.48. The van der Waals surface area contributed by atoms with Crippen LogP contribution in [0.4, 0.5) is 0 Å². The lowest BCUT2D eigenvalue weighted by Crippen LogP contribution is -2.34. The molecule has 0 aliphatic carbocycles. The van der Waals surface area contributed by atoms with Gasteiger partial charge in [-0.3, -0.25) is 9.69 Å². The Bertz CT molecular complexity index is 521. The second kappa shape index (κ2) is 9.93. The molecule has 25 heavy (non-hydrogen) atoms. The number of likely N-dealkylation sites (tertiary alicyclic amines) is 1. The monoisotopic (exact) mass is 346 g/mol. The lowest BCUT2D eigenvalue weighted by atomic mass is 9.97. The molecule has 1 amide bonds. The first-order valence-corrected chi connectivity index (χ1v) is 9.74. The molecule has 0 radical (unpaired) electrons. The van der Waals surface area contributed by atoms with E-state index >= 15 is 0 Å². The van der Waals surface area contributed by atoms with Crippen LogP contribution < -0.4 is 5.32 Å². The number of benzene rings is 1. The van der Waals surface area contributed by atoms with Crippen molar-refractivity contribution in [1.29, 1.82) is 0 Å². The van der Waals surface area contributed by atoms with E-state index < -0.39 is 0 Å². The third kappa shape index (κ3) is 6.44. The Kier molecular flexibility index (Phi) is 7.91. The molecule has 1 aromatic rings. The summed E-state index contributed by atoms with van der Waals surface area (Å²) in [7, 11) is 0. The molecule has 2 rings (SSSR count). The predicted octanol–water partition coefficient (Wildman–Crippen LogP) is 3.45. The van der Waals surface area contributed by atoms with Gasteiger partial charge in [0.2, 0.25) is 0 Å². The molecule has 1 aromatic carbocycles. The van der Waals surface area contributed by atoms with Gasteiger partial charge in [-0.25, -0.2) is 0 Å². The van der Waals surface area contributed by atoms with Gasteiger partial charge >= 0.3 is 0 Å². The second-order valence-electron chi connectivity index (χ2n) is 7.72. The van der Waals surface area contributed by atoms with E-state index in [1.165, 1.54) is 5.56 Å². The van der Waals surface area contributed by atoms with E-state index in [0.717, 1.165) is 50.9 Å². The molecule has 1 fully saturated rings. The number of aliphatic hydroxyl groups excluding tert-OH is 1. The van der Waals surface area contributed by atoms with Crippen molar-refractivity contribution in [3.05, 3.63) is 35.4 Å². The van der Waals surface area contributed by atoms with Crippen LogP contribution in [-0.4, -0.2) is 41.7 Å². The number of carbonyl (C=O) groups is 1. The molecule has 2 N–H and O–H groups in total. The van der Waals surface area contributed by atoms with Crippen LogP contribution in [0.2, 0.25) is 0 Å². The zero-order valence-corrected chi connectivity index (χ0v) is 16.0. The van der Waals surface area contributed by atoms with Gasteiger partial charge in [0.25, 0.3) is 5.91 Å². The van der Waals surface area contributed by atoms with Crippen LogP contribution in [0, 0.1) is 11.8 Å². The molecule has 1 aliphatic heterocycles. The first-order chi connectivity index (χ1) is 12.0. The third-order valence-electron chi connectivity index (χ3n) is 5.42. The van der Waals surface area contributed by atoms with Crippen LogP contribution in [0.5, 0.6) is 0 Å². The van der Waals surface area contributed by atoms with Crippen LogP contribution in [0.25, 0.3) is 0 Å². The van der Waals surface area contributed by atoms with Crippen LogP contribution in [0.15, 0.2) is 24.3 Å². The van der Waals surface area contributed by atoms with Crippen molar-refractivity contribution in [2.24, 2.45) is 11.8 Å². The number of amides is 1. The van der Waals surface area contributed by atoms with Crippen LogP contribution >= 0.6 is 0 Å². The molecule has 0 saturated carbocycles. The number of hydrogen-bond acceptors (Lipinski definition) is 3. The van der Waals surface area contributed by atoms with Crippen molar-refractivity contribution in [3.8, 4) is 0 Å². The highest BCUT2D eigenvalue weighted by atomic mass is 16.3. The van der Waals surface area contributed by atoms with Crippen molar-refractivity contribution in [1.82, 2.24) is 10.2 Å². The summed E-state index contributed by atoms with van der Waals surface area (Å²) >= 11 is 0. The van der Waals surface area contributed by atoms with Crippen molar-refractivity contribution in [2.75, 3.05) is 19.7 Å². The largest absolute Gasteiger partial charge is 0.396 e. The van der Waals surface area contributed by atoms with Crippen molar-refractivity contribution in [3.63, 3.8) is 0 Å². The Balaban J connectivity index is 1.82. The fraction of sp³-hybridized carbons (Fsp3) is 0.667. The SMILES string of the molecule is CCC(C)CC(C)NC(=O)c1ccc(CN2CCC(CO)CC2)cc1. The van der Waals surface area contributed by atoms with E-state index in [1.807, 2.05) is 12.1 Å². The Hall–Kier alpha value is -1.39. The lowest BCUT2D eigenvalue weighted by Gasteiger charge is -2.31. The van der Waals surface area contributed by atoms with E-state index in [0.29, 0.717) is 18.4 Å². The Labute approximate surface area is 152 Å². The number of nitrogens with one attached hydrogen (secondary N) is 1. The molecule has 2 atom stereocenters. The molecule has 0 aromatic heterocycles. The highest BCUT2D eigenvalue weighted by Crippen LogP contribution is 2.18. The Morgan fingerprint density at radius 1 is 1.24 bits per heavy atom. The van der Waals surface area contributed by atoms with E-state index in [4.69, 9.17) is 0 Å². The number of aliphatic hydroxyl groups is 1. The van der Waals surface area contributed by atoms with E-state index in [9.17, 15) is 9.90 Å². The maximum Gasteiger partial charge on any atom is 0.251 e. The van der Waals surface area contributed by atoms with E-state index in [2.05, 4.69) is 43.1 Å². The highest BCUT2D eigenvalue weighted by Gasteiger charge is 2.18. The van der Waals surface area contributed by atoms with Gasteiger partial charge in [0.1, 0.15) is 0 Å². The van der Waals surface area contributed by atoms with Crippen LogP contribution in [0.1, 0.15) is 62.4 Å². The number of hydrogen-bond donors (Lipinski definition) is 2. The summed E-state index contributed by atoms with van der Waals surface area (Å²) in [6.45, 7) is 9.80.